The molecule has 0 unspecified atom stereocenters. The number of carbonyl (C=O) groups is 1. The van der Waals surface area contributed by atoms with E-state index >= 15 is 0 Å². The van der Waals surface area contributed by atoms with E-state index in [9.17, 15) is 9.18 Å². The molecular weight excluding hydrogens is 355 g/mol. The summed E-state index contributed by atoms with van der Waals surface area (Å²) in [5, 5.41) is 7.33. The first-order valence-electron chi connectivity index (χ1n) is 8.33. The smallest absolute Gasteiger partial charge is 0.228 e. The number of piperidine rings is 1. The van der Waals surface area contributed by atoms with Gasteiger partial charge in [-0.2, -0.15) is 5.10 Å². The van der Waals surface area contributed by atoms with Gasteiger partial charge in [-0.05, 0) is 42.2 Å². The molecule has 1 saturated heterocycles. The van der Waals surface area contributed by atoms with Crippen LogP contribution in [0.25, 0.3) is 11.3 Å². The van der Waals surface area contributed by atoms with Crippen molar-refractivity contribution in [2.24, 2.45) is 0 Å². The van der Waals surface area contributed by atoms with Crippen LogP contribution in [-0.2, 0) is 4.79 Å². The van der Waals surface area contributed by atoms with Crippen molar-refractivity contribution in [3.8, 4) is 11.3 Å². The van der Waals surface area contributed by atoms with Gasteiger partial charge in [-0.1, -0.05) is 17.7 Å². The molecule has 1 fully saturated rings. The number of anilines is 1. The van der Waals surface area contributed by atoms with Crippen LogP contribution in [-0.4, -0.2) is 27.6 Å². The Morgan fingerprint density at radius 3 is 2.73 bits per heavy atom. The molecular formula is C19H16ClFN4O. The third kappa shape index (κ3) is 3.20. The lowest BCUT2D eigenvalue weighted by Crippen LogP contribution is -2.38. The number of amides is 1. The van der Waals surface area contributed by atoms with E-state index in [1.807, 2.05) is 18.2 Å². The summed E-state index contributed by atoms with van der Waals surface area (Å²) >= 11 is 5.74. The maximum Gasteiger partial charge on any atom is 0.228 e. The molecule has 0 spiro atoms. The molecule has 1 aromatic carbocycles. The predicted octanol–water partition coefficient (Wildman–Crippen LogP) is 4.17. The van der Waals surface area contributed by atoms with Gasteiger partial charge >= 0.3 is 0 Å². The van der Waals surface area contributed by atoms with Gasteiger partial charge in [-0.25, -0.2) is 4.39 Å². The molecule has 132 valence electrons. The van der Waals surface area contributed by atoms with Gasteiger partial charge in [-0.3, -0.25) is 19.8 Å². The van der Waals surface area contributed by atoms with Crippen LogP contribution in [0.4, 0.5) is 10.2 Å². The van der Waals surface area contributed by atoms with Crippen molar-refractivity contribution >= 4 is 23.3 Å². The molecule has 5 nitrogen and oxygen atoms in total. The molecule has 0 radical (unpaired) electrons. The monoisotopic (exact) mass is 370 g/mol. The van der Waals surface area contributed by atoms with Gasteiger partial charge in [0.05, 0.1) is 10.7 Å². The van der Waals surface area contributed by atoms with Crippen molar-refractivity contribution in [1.82, 2.24) is 15.2 Å². The highest BCUT2D eigenvalue weighted by atomic mass is 35.5. The number of halogens is 2. The second-order valence-corrected chi connectivity index (χ2v) is 6.69. The minimum absolute atomic E-state index is 0.0101. The SMILES string of the molecule is O=C1C[C@H](c2ccc(Cl)c(F)c2)CCN1c1cc(-c2ccncc2)[nH]n1. The largest absolute Gasteiger partial charge is 0.295 e. The number of hydrogen-bond donors (Lipinski definition) is 1. The Balaban J connectivity index is 1.50. The van der Waals surface area contributed by atoms with E-state index in [1.54, 1.807) is 23.4 Å². The lowest BCUT2D eigenvalue weighted by Gasteiger charge is -2.30. The van der Waals surface area contributed by atoms with Crippen molar-refractivity contribution in [2.45, 2.75) is 18.8 Å². The highest BCUT2D eigenvalue weighted by Crippen LogP contribution is 2.33. The minimum atomic E-state index is -0.451. The molecule has 0 aliphatic carbocycles. The van der Waals surface area contributed by atoms with Crippen LogP contribution in [0.1, 0.15) is 24.3 Å². The van der Waals surface area contributed by atoms with Gasteiger partial charge in [0.15, 0.2) is 5.82 Å². The Labute approximate surface area is 154 Å². The van der Waals surface area contributed by atoms with E-state index in [-0.39, 0.29) is 16.8 Å². The molecule has 3 aromatic rings. The number of carbonyl (C=O) groups excluding carboxylic acids is 1. The van der Waals surface area contributed by atoms with Gasteiger partial charge in [0, 0.05) is 37.0 Å². The number of nitrogens with one attached hydrogen (secondary N) is 1. The van der Waals surface area contributed by atoms with Gasteiger partial charge in [-0.15, -0.1) is 0 Å². The molecule has 1 aliphatic heterocycles. The molecule has 3 heterocycles. The van der Waals surface area contributed by atoms with Crippen molar-refractivity contribution in [1.29, 1.82) is 0 Å². The summed E-state index contributed by atoms with van der Waals surface area (Å²) in [4.78, 5) is 18.3. The maximum absolute atomic E-state index is 13.7. The lowest BCUT2D eigenvalue weighted by atomic mass is 9.89. The van der Waals surface area contributed by atoms with Gasteiger partial charge in [0.1, 0.15) is 5.82 Å². The fourth-order valence-corrected chi connectivity index (χ4v) is 3.37. The van der Waals surface area contributed by atoms with Crippen molar-refractivity contribution in [2.75, 3.05) is 11.4 Å². The summed E-state index contributed by atoms with van der Waals surface area (Å²) in [7, 11) is 0. The van der Waals surface area contributed by atoms with Crippen molar-refractivity contribution in [3.05, 3.63) is 65.2 Å². The van der Waals surface area contributed by atoms with E-state index in [1.165, 1.54) is 12.1 Å². The van der Waals surface area contributed by atoms with E-state index in [2.05, 4.69) is 15.2 Å². The zero-order valence-corrected chi connectivity index (χ0v) is 14.6. The topological polar surface area (TPSA) is 61.9 Å². The normalized spacial score (nSPS) is 17.5. The molecule has 1 amide bonds. The third-order valence-electron chi connectivity index (χ3n) is 4.67. The first-order valence-corrected chi connectivity index (χ1v) is 8.71. The Morgan fingerprint density at radius 1 is 1.19 bits per heavy atom. The highest BCUT2D eigenvalue weighted by molar-refractivity contribution is 6.30. The number of nitrogens with zero attached hydrogens (tertiary/aromatic N) is 3. The van der Waals surface area contributed by atoms with Crippen LogP contribution in [0.15, 0.2) is 48.8 Å². The highest BCUT2D eigenvalue weighted by Gasteiger charge is 2.29. The summed E-state index contributed by atoms with van der Waals surface area (Å²) in [5.74, 6) is 0.115. The molecule has 1 N–H and O–H groups in total. The zero-order valence-electron chi connectivity index (χ0n) is 13.8. The van der Waals surface area contributed by atoms with Crippen LogP contribution < -0.4 is 4.90 Å². The second-order valence-electron chi connectivity index (χ2n) is 6.28. The van der Waals surface area contributed by atoms with Crippen LogP contribution in [0.2, 0.25) is 5.02 Å². The summed E-state index contributed by atoms with van der Waals surface area (Å²) in [6.07, 6.45) is 4.47. The van der Waals surface area contributed by atoms with Gasteiger partial charge in [0.2, 0.25) is 5.91 Å². The summed E-state index contributed by atoms with van der Waals surface area (Å²) in [6.45, 7) is 0.536. The average Bonchev–Trinajstić information content (AvgIpc) is 3.14. The molecule has 1 atom stereocenters. The van der Waals surface area contributed by atoms with Crippen molar-refractivity contribution < 1.29 is 9.18 Å². The van der Waals surface area contributed by atoms with Crippen LogP contribution in [0, 0.1) is 5.82 Å². The number of pyridine rings is 1. The van der Waals surface area contributed by atoms with E-state index in [0.717, 1.165) is 23.2 Å². The molecule has 26 heavy (non-hydrogen) atoms. The Morgan fingerprint density at radius 2 is 2.00 bits per heavy atom. The molecule has 7 heteroatoms. The van der Waals surface area contributed by atoms with Gasteiger partial charge in [0.25, 0.3) is 0 Å². The van der Waals surface area contributed by atoms with E-state index in [0.29, 0.717) is 18.8 Å². The summed E-state index contributed by atoms with van der Waals surface area (Å²) < 4.78 is 13.7. The quantitative estimate of drug-likeness (QED) is 0.752. The number of H-pyrrole nitrogens is 1. The maximum atomic E-state index is 13.7. The van der Waals surface area contributed by atoms with E-state index in [4.69, 9.17) is 11.6 Å². The zero-order chi connectivity index (χ0) is 18.1. The van der Waals surface area contributed by atoms with Crippen LogP contribution in [0.5, 0.6) is 0 Å². The standard InChI is InChI=1S/C19H16ClFN4O/c20-15-2-1-13(9-16(15)21)14-5-8-25(19(26)10-14)18-11-17(23-24-18)12-3-6-22-7-4-12/h1-4,6-7,9,11,14H,5,8,10H2,(H,23,24)/t14-/m1/s1. The first-order chi connectivity index (χ1) is 12.6. The first kappa shape index (κ1) is 16.7. The number of benzene rings is 1. The number of aromatic amines is 1. The lowest BCUT2D eigenvalue weighted by molar-refractivity contribution is -0.120. The number of rotatable bonds is 3. The summed E-state index contributed by atoms with van der Waals surface area (Å²) in [6, 6.07) is 10.4. The predicted molar refractivity (Wildman–Crippen MR) is 97.6 cm³/mol. The molecule has 4 rings (SSSR count). The Kier molecular flexibility index (Phi) is 4.42. The van der Waals surface area contributed by atoms with Crippen LogP contribution in [0.3, 0.4) is 0 Å². The minimum Gasteiger partial charge on any atom is -0.295 e. The Bertz CT molecular complexity index is 944. The Hall–Kier alpha value is -2.73. The van der Waals surface area contributed by atoms with Crippen molar-refractivity contribution in [3.63, 3.8) is 0 Å². The molecule has 0 bridgehead atoms. The second kappa shape index (κ2) is 6.88. The molecule has 1 aliphatic rings. The molecule has 0 saturated carbocycles. The van der Waals surface area contributed by atoms with Gasteiger partial charge < -0.3 is 0 Å². The fraction of sp³-hybridized carbons (Fsp3) is 0.211. The fourth-order valence-electron chi connectivity index (χ4n) is 3.25. The average molecular weight is 371 g/mol. The third-order valence-corrected chi connectivity index (χ3v) is 4.98. The summed E-state index contributed by atoms with van der Waals surface area (Å²) in [5.41, 5.74) is 2.59. The van der Waals surface area contributed by atoms with Crippen LogP contribution >= 0.6 is 11.6 Å². The van der Waals surface area contributed by atoms with E-state index < -0.39 is 5.82 Å². The number of aromatic nitrogens is 3. The number of hydrogen-bond acceptors (Lipinski definition) is 3. The molecule has 2 aromatic heterocycles.